The number of hydrogen-bond acceptors (Lipinski definition) is 2. The summed E-state index contributed by atoms with van der Waals surface area (Å²) in [6.45, 7) is 8.19. The first-order chi connectivity index (χ1) is 11.4. The van der Waals surface area contributed by atoms with Crippen LogP contribution in [-0.4, -0.2) is 11.8 Å². The third kappa shape index (κ3) is 2.17. The molecule has 2 atom stereocenters. The Kier molecular flexibility index (Phi) is 3.14. The number of urea groups is 1. The van der Waals surface area contributed by atoms with Gasteiger partial charge in [0.05, 0.1) is 6.04 Å². The maximum Gasteiger partial charge on any atom is 0.325 e. The number of rotatable bonds is 1. The predicted octanol–water partition coefficient (Wildman–Crippen LogP) is 4.38. The summed E-state index contributed by atoms with van der Waals surface area (Å²) in [4.78, 5) is 14.6. The minimum absolute atomic E-state index is 0.00561. The van der Waals surface area contributed by atoms with Gasteiger partial charge in [-0.05, 0) is 57.0 Å². The number of fused-ring (bicyclic) bond motifs is 4. The third-order valence-corrected chi connectivity index (χ3v) is 5.18. The minimum atomic E-state index is -0.684. The Bertz CT molecular complexity index is 846. The first-order valence-electron chi connectivity index (χ1n) is 8.35. The normalized spacial score (nSPS) is 24.9. The van der Waals surface area contributed by atoms with E-state index >= 15 is 0 Å². The number of nitrogens with one attached hydrogen (secondary N) is 1. The molecule has 2 heterocycles. The van der Waals surface area contributed by atoms with Crippen molar-refractivity contribution < 1.29 is 9.53 Å². The van der Waals surface area contributed by atoms with Crippen LogP contribution in [0.4, 0.5) is 10.5 Å². The van der Waals surface area contributed by atoms with Gasteiger partial charge in [-0.2, -0.15) is 0 Å². The molecule has 2 unspecified atom stereocenters. The van der Waals surface area contributed by atoms with Gasteiger partial charge in [0.15, 0.2) is 5.72 Å². The van der Waals surface area contributed by atoms with Crippen LogP contribution < -0.4 is 15.0 Å². The molecule has 2 bridgehead atoms. The second-order valence-electron chi connectivity index (χ2n) is 7.13. The molecule has 0 saturated carbocycles. The van der Waals surface area contributed by atoms with Crippen molar-refractivity contribution in [2.75, 3.05) is 4.90 Å². The predicted molar refractivity (Wildman–Crippen MR) is 94.5 cm³/mol. The standard InChI is InChI=1S/C20H22N2O2/c1-12-5-8-18-16(9-12)17-11-20(4,24-18)22(19(23)21-17)15-7-6-13(2)14(3)10-15/h5-10,17H,11H2,1-4H3,(H,21,23). The fourth-order valence-corrected chi connectivity index (χ4v) is 3.75. The van der Waals surface area contributed by atoms with Crippen molar-refractivity contribution >= 4 is 11.7 Å². The Morgan fingerprint density at radius 3 is 2.67 bits per heavy atom. The van der Waals surface area contributed by atoms with Gasteiger partial charge in [0.25, 0.3) is 0 Å². The lowest BCUT2D eigenvalue weighted by Crippen LogP contribution is -2.65. The van der Waals surface area contributed by atoms with E-state index in [0.717, 1.165) is 29.0 Å². The van der Waals surface area contributed by atoms with E-state index in [1.807, 2.05) is 31.2 Å². The molecule has 2 aliphatic rings. The smallest absolute Gasteiger partial charge is 0.325 e. The van der Waals surface area contributed by atoms with Crippen LogP contribution >= 0.6 is 0 Å². The lowest BCUT2D eigenvalue weighted by atomic mass is 9.89. The Hall–Kier alpha value is -2.49. The van der Waals surface area contributed by atoms with Crippen molar-refractivity contribution in [1.82, 2.24) is 5.32 Å². The van der Waals surface area contributed by atoms with Crippen molar-refractivity contribution in [3.63, 3.8) is 0 Å². The molecular weight excluding hydrogens is 300 g/mol. The lowest BCUT2D eigenvalue weighted by Gasteiger charge is -2.50. The molecule has 24 heavy (non-hydrogen) atoms. The van der Waals surface area contributed by atoms with E-state index in [2.05, 4.69) is 38.2 Å². The van der Waals surface area contributed by atoms with E-state index in [1.165, 1.54) is 11.1 Å². The summed E-state index contributed by atoms with van der Waals surface area (Å²) in [5.74, 6) is 0.855. The van der Waals surface area contributed by atoms with Crippen molar-refractivity contribution in [3.05, 3.63) is 58.7 Å². The van der Waals surface area contributed by atoms with Gasteiger partial charge in [-0.1, -0.05) is 23.8 Å². The topological polar surface area (TPSA) is 41.6 Å². The molecule has 1 N–H and O–H groups in total. The molecule has 4 nitrogen and oxygen atoms in total. The van der Waals surface area contributed by atoms with Crippen LogP contribution in [0.3, 0.4) is 0 Å². The average Bonchev–Trinajstić information content (AvgIpc) is 2.51. The number of hydrogen-bond donors (Lipinski definition) is 1. The van der Waals surface area contributed by atoms with E-state index in [9.17, 15) is 4.79 Å². The van der Waals surface area contributed by atoms with Gasteiger partial charge in [-0.15, -0.1) is 0 Å². The zero-order valence-electron chi connectivity index (χ0n) is 14.5. The number of benzene rings is 2. The zero-order chi connectivity index (χ0) is 17.1. The SMILES string of the molecule is Cc1ccc2c(c1)C1CC(C)(O2)N(c2ccc(C)c(C)c2)C(=O)N1. The van der Waals surface area contributed by atoms with E-state index < -0.39 is 5.72 Å². The van der Waals surface area contributed by atoms with Crippen molar-refractivity contribution in [2.24, 2.45) is 0 Å². The van der Waals surface area contributed by atoms with E-state index in [0.29, 0.717) is 0 Å². The van der Waals surface area contributed by atoms with Gasteiger partial charge in [-0.25, -0.2) is 4.79 Å². The monoisotopic (exact) mass is 322 g/mol. The Labute approximate surface area is 142 Å². The average molecular weight is 322 g/mol. The highest BCUT2D eigenvalue weighted by Crippen LogP contribution is 2.45. The van der Waals surface area contributed by atoms with Gasteiger partial charge in [0.1, 0.15) is 5.75 Å². The molecule has 4 rings (SSSR count). The number of carbonyl (C=O) groups excluding carboxylic acids is 1. The fraction of sp³-hybridized carbons (Fsp3) is 0.350. The van der Waals surface area contributed by atoms with E-state index in [-0.39, 0.29) is 12.1 Å². The Balaban J connectivity index is 1.80. The molecule has 0 aliphatic carbocycles. The first-order valence-corrected chi connectivity index (χ1v) is 8.35. The maximum absolute atomic E-state index is 12.8. The third-order valence-electron chi connectivity index (χ3n) is 5.18. The summed E-state index contributed by atoms with van der Waals surface area (Å²) in [6, 6.07) is 12.1. The summed E-state index contributed by atoms with van der Waals surface area (Å²) < 4.78 is 6.32. The van der Waals surface area contributed by atoms with Crippen molar-refractivity contribution in [3.8, 4) is 5.75 Å². The molecule has 0 spiro atoms. The van der Waals surface area contributed by atoms with Crippen LogP contribution in [0.25, 0.3) is 0 Å². The van der Waals surface area contributed by atoms with Crippen LogP contribution in [0.5, 0.6) is 5.75 Å². The Morgan fingerprint density at radius 2 is 1.92 bits per heavy atom. The molecular formula is C20H22N2O2. The fourth-order valence-electron chi connectivity index (χ4n) is 3.75. The summed E-state index contributed by atoms with van der Waals surface area (Å²) >= 11 is 0. The maximum atomic E-state index is 12.8. The van der Waals surface area contributed by atoms with E-state index in [1.54, 1.807) is 4.90 Å². The van der Waals surface area contributed by atoms with Crippen LogP contribution in [-0.2, 0) is 0 Å². The minimum Gasteiger partial charge on any atom is -0.467 e. The molecule has 0 aromatic heterocycles. The molecule has 2 amide bonds. The Morgan fingerprint density at radius 1 is 1.12 bits per heavy atom. The molecule has 0 radical (unpaired) electrons. The summed E-state index contributed by atoms with van der Waals surface area (Å²) in [5, 5.41) is 3.15. The van der Waals surface area contributed by atoms with Gasteiger partial charge in [0, 0.05) is 17.7 Å². The number of carbonyl (C=O) groups is 1. The van der Waals surface area contributed by atoms with Crippen molar-refractivity contribution in [1.29, 1.82) is 0 Å². The second kappa shape index (κ2) is 5.00. The number of nitrogens with zero attached hydrogens (tertiary/aromatic N) is 1. The van der Waals surface area contributed by atoms with Crippen LogP contribution in [0.15, 0.2) is 36.4 Å². The van der Waals surface area contributed by atoms with Gasteiger partial charge in [0.2, 0.25) is 0 Å². The largest absolute Gasteiger partial charge is 0.467 e. The van der Waals surface area contributed by atoms with Gasteiger partial charge < -0.3 is 10.1 Å². The molecule has 124 valence electrons. The first kappa shape index (κ1) is 15.1. The zero-order valence-corrected chi connectivity index (χ0v) is 14.5. The van der Waals surface area contributed by atoms with Crippen LogP contribution in [0.2, 0.25) is 0 Å². The number of aryl methyl sites for hydroxylation is 3. The summed E-state index contributed by atoms with van der Waals surface area (Å²) in [7, 11) is 0. The van der Waals surface area contributed by atoms with E-state index in [4.69, 9.17) is 4.74 Å². The van der Waals surface area contributed by atoms with Crippen LogP contribution in [0, 0.1) is 20.8 Å². The summed E-state index contributed by atoms with van der Waals surface area (Å²) in [6.07, 6.45) is 0.724. The molecule has 4 heteroatoms. The number of anilines is 1. The second-order valence-corrected chi connectivity index (χ2v) is 7.13. The van der Waals surface area contributed by atoms with Gasteiger partial charge in [-0.3, -0.25) is 4.90 Å². The molecule has 2 aromatic rings. The highest BCUT2D eigenvalue weighted by atomic mass is 16.5. The summed E-state index contributed by atoms with van der Waals surface area (Å²) in [5.41, 5.74) is 4.80. The van der Waals surface area contributed by atoms with Crippen molar-refractivity contribution in [2.45, 2.75) is 45.9 Å². The molecule has 1 saturated heterocycles. The number of ether oxygens (including phenoxy) is 1. The molecule has 1 fully saturated rings. The number of amides is 2. The van der Waals surface area contributed by atoms with Gasteiger partial charge >= 0.3 is 6.03 Å². The highest BCUT2D eigenvalue weighted by molar-refractivity contribution is 5.95. The molecule has 2 aromatic carbocycles. The van der Waals surface area contributed by atoms with Crippen LogP contribution in [0.1, 0.15) is 41.6 Å². The molecule has 2 aliphatic heterocycles. The quantitative estimate of drug-likeness (QED) is 0.846. The highest BCUT2D eigenvalue weighted by Gasteiger charge is 2.49. The lowest BCUT2D eigenvalue weighted by molar-refractivity contribution is 0.0378.